The number of aliphatic imine (C=N–C) groups is 2. The van der Waals surface area contributed by atoms with Crippen molar-refractivity contribution in [1.82, 2.24) is 57.0 Å². The number of benzene rings is 1. The third kappa shape index (κ3) is 25.2. The third-order valence-electron chi connectivity index (χ3n) is 15.7. The van der Waals surface area contributed by atoms with Crippen molar-refractivity contribution in [3.8, 4) is 5.75 Å². The average molecular weight is 1310 g/mol. The zero-order chi connectivity index (χ0) is 69.3. The number of carbonyl (C=O) groups is 10. The third-order valence-corrected chi connectivity index (χ3v) is 15.7. The van der Waals surface area contributed by atoms with Crippen LogP contribution in [-0.2, 0) is 60.8 Å². The molecule has 1 aromatic heterocycles. The van der Waals surface area contributed by atoms with Crippen molar-refractivity contribution in [2.75, 3.05) is 39.8 Å². The molecule has 11 atom stereocenters. The molecular formula is C60H95N17O16. The number of nitrogens with zero attached hydrogens (tertiary/aromatic N) is 5. The minimum absolute atomic E-state index is 0.00238. The molecule has 2 aliphatic rings. The number of aliphatic hydroxyl groups excluding tert-OH is 3. The lowest BCUT2D eigenvalue weighted by molar-refractivity contribution is -0.149. The van der Waals surface area contributed by atoms with Gasteiger partial charge in [0, 0.05) is 70.0 Å². The zero-order valence-corrected chi connectivity index (χ0v) is 53.5. The first-order valence-electron chi connectivity index (χ1n) is 30.9. The van der Waals surface area contributed by atoms with E-state index >= 15 is 9.59 Å². The highest BCUT2D eigenvalue weighted by Gasteiger charge is 2.43. The SMILES string of the molecule is CC(C)C[C@H](NC(=O)[C@@H](NC(=O)[C@H](Cc1ccc(O)cc1)NC(=O)[C@@H]1CCCN1C(=O)[C@H](CCCN=C(N)N)N(C)C(=O)[C@H](CCCN=C(N)N)NC(=O)[C@H](CCCCNC(=O)C1=C[C@@H](O)[C@@H](O)[C@H](O)C1)NC(=O)CN[C@@H](Cc1cnc[nH]1)C(=O)O)C(C)(C)C)C(=O)O. The fourth-order valence-electron chi connectivity index (χ4n) is 10.6. The molecule has 33 nitrogen and oxygen atoms in total. The van der Waals surface area contributed by atoms with E-state index in [1.54, 1.807) is 34.6 Å². The number of H-pyrrole nitrogens is 1. The smallest absolute Gasteiger partial charge is 0.326 e. The summed E-state index contributed by atoms with van der Waals surface area (Å²) in [4.78, 5) is 156. The van der Waals surface area contributed by atoms with Crippen molar-refractivity contribution in [3.63, 3.8) is 0 Å². The summed E-state index contributed by atoms with van der Waals surface area (Å²) in [6.45, 7) is 7.98. The molecule has 0 saturated carbocycles. The first kappa shape index (κ1) is 76.5. The van der Waals surface area contributed by atoms with Crippen LogP contribution in [0.2, 0.25) is 0 Å². The number of unbranched alkanes of at least 4 members (excludes halogenated alkanes) is 1. The molecule has 4 rings (SSSR count). The highest BCUT2D eigenvalue weighted by Crippen LogP contribution is 2.25. The predicted molar refractivity (Wildman–Crippen MR) is 338 cm³/mol. The van der Waals surface area contributed by atoms with Crippen molar-refractivity contribution in [1.29, 1.82) is 0 Å². The Hall–Kier alpha value is -8.95. The summed E-state index contributed by atoms with van der Waals surface area (Å²) in [7, 11) is 1.32. The van der Waals surface area contributed by atoms with Crippen LogP contribution in [0.15, 0.2) is 58.4 Å². The Balaban J connectivity index is 1.65. The number of imidazole rings is 1. The van der Waals surface area contributed by atoms with Gasteiger partial charge < -0.3 is 100 Å². The molecule has 8 amide bonds. The van der Waals surface area contributed by atoms with Gasteiger partial charge in [-0.2, -0.15) is 0 Å². The topological polar surface area (TPSA) is 540 Å². The molecule has 33 heteroatoms. The Morgan fingerprint density at radius 3 is 1.95 bits per heavy atom. The number of carboxylic acids is 2. The fourth-order valence-corrected chi connectivity index (χ4v) is 10.6. The number of hydrogen-bond donors (Lipinski definition) is 18. The number of carbonyl (C=O) groups excluding carboxylic acids is 8. The van der Waals surface area contributed by atoms with E-state index in [1.165, 1.54) is 48.7 Å². The van der Waals surface area contributed by atoms with Gasteiger partial charge in [-0.25, -0.2) is 9.78 Å². The van der Waals surface area contributed by atoms with Crippen LogP contribution in [0.4, 0.5) is 0 Å². The second-order valence-corrected chi connectivity index (χ2v) is 24.8. The molecule has 22 N–H and O–H groups in total. The van der Waals surface area contributed by atoms with Crippen LogP contribution in [0.5, 0.6) is 5.75 Å². The number of likely N-dealkylation sites (tertiary alicyclic amines) is 1. The quantitative estimate of drug-likeness (QED) is 0.0175. The Morgan fingerprint density at radius 1 is 0.753 bits per heavy atom. The molecule has 2 heterocycles. The first-order valence-corrected chi connectivity index (χ1v) is 30.9. The number of aromatic nitrogens is 2. The first-order chi connectivity index (χ1) is 43.8. The number of guanidine groups is 2. The number of aromatic hydroxyl groups is 1. The van der Waals surface area contributed by atoms with Crippen molar-refractivity contribution in [2.45, 2.75) is 185 Å². The Bertz CT molecular complexity index is 2950. The number of carboxylic acid groups (broad SMARTS) is 2. The van der Waals surface area contributed by atoms with E-state index in [2.05, 4.69) is 57.2 Å². The van der Waals surface area contributed by atoms with Crippen LogP contribution in [0, 0.1) is 11.3 Å². The molecule has 516 valence electrons. The summed E-state index contributed by atoms with van der Waals surface area (Å²) in [5, 5.41) is 78.7. The Morgan fingerprint density at radius 2 is 1.37 bits per heavy atom. The van der Waals surface area contributed by atoms with E-state index in [0.29, 0.717) is 17.7 Å². The number of aromatic amines is 1. The lowest BCUT2D eigenvalue weighted by Gasteiger charge is -2.36. The van der Waals surface area contributed by atoms with Gasteiger partial charge in [0.05, 0.1) is 19.0 Å². The van der Waals surface area contributed by atoms with Gasteiger partial charge in [-0.3, -0.25) is 58.5 Å². The Kier molecular flexibility index (Phi) is 30.4. The van der Waals surface area contributed by atoms with Gasteiger partial charge in [0.1, 0.15) is 66.3 Å². The normalized spacial score (nSPS) is 18.6. The monoisotopic (exact) mass is 1310 g/mol. The molecule has 2 aromatic rings. The molecule has 0 spiro atoms. The van der Waals surface area contributed by atoms with Gasteiger partial charge in [-0.05, 0) is 99.3 Å². The number of nitrogens with one attached hydrogen (secondary N) is 8. The number of aliphatic carboxylic acids is 2. The van der Waals surface area contributed by atoms with Gasteiger partial charge in [-0.15, -0.1) is 0 Å². The van der Waals surface area contributed by atoms with Crippen molar-refractivity contribution >= 4 is 71.1 Å². The molecule has 1 aromatic carbocycles. The largest absolute Gasteiger partial charge is 0.508 e. The maximum atomic E-state index is 15.2. The molecule has 1 saturated heterocycles. The number of amides is 8. The summed E-state index contributed by atoms with van der Waals surface area (Å²) >= 11 is 0. The number of phenolic OH excluding ortho intramolecular Hbond substituents is 1. The Labute approximate surface area is 539 Å². The van der Waals surface area contributed by atoms with Crippen molar-refractivity contribution in [2.24, 2.45) is 44.3 Å². The van der Waals surface area contributed by atoms with E-state index in [0.717, 1.165) is 11.0 Å². The molecule has 0 radical (unpaired) electrons. The maximum Gasteiger partial charge on any atom is 0.326 e. The minimum atomic E-state index is -1.48. The average Bonchev–Trinajstić information content (AvgIpc) is 1.81. The highest BCUT2D eigenvalue weighted by molar-refractivity contribution is 5.98. The number of nitrogens with two attached hydrogens (primary N) is 4. The van der Waals surface area contributed by atoms with Crippen LogP contribution >= 0.6 is 0 Å². The fraction of sp³-hybridized carbons (Fsp3) is 0.617. The van der Waals surface area contributed by atoms with E-state index in [1.807, 2.05) is 0 Å². The van der Waals surface area contributed by atoms with Gasteiger partial charge in [0.15, 0.2) is 11.9 Å². The van der Waals surface area contributed by atoms with Crippen molar-refractivity contribution < 1.29 is 78.6 Å². The molecule has 0 unspecified atom stereocenters. The van der Waals surface area contributed by atoms with Gasteiger partial charge in [0.2, 0.25) is 47.3 Å². The van der Waals surface area contributed by atoms with E-state index in [4.69, 9.17) is 22.9 Å². The number of hydrogen-bond acceptors (Lipinski definition) is 18. The lowest BCUT2D eigenvalue weighted by atomic mass is 9.85. The summed E-state index contributed by atoms with van der Waals surface area (Å²) in [5.74, 6) is -9.51. The number of phenols is 1. The van der Waals surface area contributed by atoms with Gasteiger partial charge >= 0.3 is 11.9 Å². The summed E-state index contributed by atoms with van der Waals surface area (Å²) in [6, 6.07) is -4.95. The van der Waals surface area contributed by atoms with Crippen LogP contribution in [0.1, 0.15) is 117 Å². The van der Waals surface area contributed by atoms with Crippen LogP contribution in [-0.4, -0.2) is 228 Å². The molecule has 0 bridgehead atoms. The minimum Gasteiger partial charge on any atom is -0.508 e. The summed E-state index contributed by atoms with van der Waals surface area (Å²) in [5.41, 5.74) is 22.5. The number of rotatable bonds is 37. The summed E-state index contributed by atoms with van der Waals surface area (Å²) < 4.78 is 0. The molecule has 1 fully saturated rings. The van der Waals surface area contributed by atoms with Gasteiger partial charge in [0.25, 0.3) is 0 Å². The molecular weight excluding hydrogens is 1210 g/mol. The standard InChI is InChI=1S/C60H95N17O16/c1-32(2)24-41(57(92)93)74-53(87)48(60(3,4)5)75-51(85)39(25-33-16-18-36(78)19-17-33)73-52(86)42-15-11-23-77(42)55(89)43(14-10-22-68-59(63)64)76(6)54(88)38(13-9-21-67-58(61)62)72-50(84)37(71-46(81)30-69-40(56(90)91)28-35-29-65-31-70-35)12-7-8-20-66-49(83)34-26-44(79)47(82)45(80)27-34/h16-19,26,29,31-32,37-45,47-48,69,78-80,82H,7-15,20-25,27-28,30H2,1-6H3,(H,65,70)(H,66,83)(H,71,81)(H,72,84)(H,73,86)(H,74,87)(H,75,85)(H,90,91)(H,92,93)(H4,61,62,67)(H4,63,64,68)/t37-,38-,39-,40-,41-,42-,43-,44+,45+,47+,48+/m0/s1. The second kappa shape index (κ2) is 36.9. The number of likely N-dealkylation sites (N-methyl/N-ethyl adjacent to an activating group) is 1. The van der Waals surface area contributed by atoms with Crippen LogP contribution in [0.25, 0.3) is 0 Å². The molecule has 1 aliphatic carbocycles. The summed E-state index contributed by atoms with van der Waals surface area (Å²) in [6.07, 6.45) is -0.250. The van der Waals surface area contributed by atoms with Crippen molar-refractivity contribution in [3.05, 3.63) is 59.7 Å². The highest BCUT2D eigenvalue weighted by atomic mass is 16.4. The van der Waals surface area contributed by atoms with E-state index in [9.17, 15) is 69.0 Å². The lowest BCUT2D eigenvalue weighted by Crippen LogP contribution is -2.61. The molecule has 1 aliphatic heterocycles. The van der Waals surface area contributed by atoms with Gasteiger partial charge in [-0.1, -0.05) is 46.8 Å². The zero-order valence-electron chi connectivity index (χ0n) is 53.5. The second-order valence-electron chi connectivity index (χ2n) is 24.8. The predicted octanol–water partition coefficient (Wildman–Crippen LogP) is -3.83. The van der Waals surface area contributed by atoms with E-state index in [-0.39, 0.29) is 132 Å². The maximum absolute atomic E-state index is 15.2. The molecule has 93 heavy (non-hydrogen) atoms. The number of aliphatic hydroxyl groups is 3. The van der Waals surface area contributed by atoms with Crippen LogP contribution in [0.3, 0.4) is 0 Å². The van der Waals surface area contributed by atoms with Crippen LogP contribution < -0.4 is 60.2 Å². The van der Waals surface area contributed by atoms with E-state index < -0.39 is 138 Å².